The van der Waals surface area contributed by atoms with Crippen molar-refractivity contribution >= 4 is 17.5 Å². The first-order chi connectivity index (χ1) is 10.5. The molecule has 2 aromatic rings. The zero-order chi connectivity index (χ0) is 16.2. The van der Waals surface area contributed by atoms with E-state index in [0.717, 1.165) is 11.1 Å². The summed E-state index contributed by atoms with van der Waals surface area (Å²) in [6.07, 6.45) is 0.210. The number of hydrogen-bond acceptors (Lipinski definition) is 3. The van der Waals surface area contributed by atoms with E-state index < -0.39 is 11.7 Å². The molecule has 1 unspecified atom stereocenters. The molecule has 5 heteroatoms. The number of ether oxygens (including phenoxy) is 2. The second kappa shape index (κ2) is 6.81. The van der Waals surface area contributed by atoms with Crippen LogP contribution in [-0.4, -0.2) is 18.8 Å². The number of benzene rings is 2. The molecule has 0 heterocycles. The monoisotopic (exact) mass is 319 g/mol. The van der Waals surface area contributed by atoms with E-state index in [0.29, 0.717) is 10.8 Å². The minimum absolute atomic E-state index is 0.210. The second-order valence-corrected chi connectivity index (χ2v) is 5.43. The molecule has 2 N–H and O–H groups in total. The Morgan fingerprint density at radius 3 is 2.45 bits per heavy atom. The summed E-state index contributed by atoms with van der Waals surface area (Å²) in [6.45, 7) is 1.84. The Hall–Kier alpha value is -2.04. The molecule has 0 aromatic heterocycles. The first-order valence-electron chi connectivity index (χ1n) is 6.81. The number of rotatable bonds is 6. The number of hydrogen-bond donors (Lipinski definition) is 1. The van der Waals surface area contributed by atoms with Gasteiger partial charge in [0, 0.05) is 18.6 Å². The highest BCUT2D eigenvalue weighted by Gasteiger charge is 2.40. The molecule has 1 amide bonds. The minimum Gasteiger partial charge on any atom is -0.452 e. The summed E-state index contributed by atoms with van der Waals surface area (Å²) < 4.78 is 11.2. The smallest absolute Gasteiger partial charge is 0.294 e. The number of primary amides is 1. The summed E-state index contributed by atoms with van der Waals surface area (Å²) in [5.41, 5.74) is 7.22. The zero-order valence-electron chi connectivity index (χ0n) is 12.5. The molecule has 0 saturated heterocycles. The lowest BCUT2D eigenvalue weighted by atomic mass is 10.0. The van der Waals surface area contributed by atoms with Crippen LogP contribution in [0.1, 0.15) is 11.1 Å². The molecule has 1 atom stereocenters. The standard InChI is InChI=1S/C17H18ClNO3/c1-12-10-14(18)8-9-15(12)22-17(21-2,16(19)20)11-13-6-4-3-5-7-13/h3-10H,11H2,1-2H3,(H2,19,20). The number of carbonyl (C=O) groups is 1. The Kier molecular flexibility index (Phi) is 5.06. The maximum atomic E-state index is 12.0. The lowest BCUT2D eigenvalue weighted by molar-refractivity contribution is -0.182. The van der Waals surface area contributed by atoms with Crippen LogP contribution in [0.5, 0.6) is 5.75 Å². The van der Waals surface area contributed by atoms with Crippen molar-refractivity contribution in [3.05, 3.63) is 64.7 Å². The van der Waals surface area contributed by atoms with Crippen LogP contribution in [0.25, 0.3) is 0 Å². The van der Waals surface area contributed by atoms with Gasteiger partial charge < -0.3 is 15.2 Å². The molecule has 4 nitrogen and oxygen atoms in total. The Balaban J connectivity index is 2.35. The van der Waals surface area contributed by atoms with Crippen LogP contribution in [-0.2, 0) is 16.0 Å². The van der Waals surface area contributed by atoms with Crippen LogP contribution < -0.4 is 10.5 Å². The van der Waals surface area contributed by atoms with Crippen molar-refractivity contribution in [1.29, 1.82) is 0 Å². The molecule has 2 aromatic carbocycles. The fraction of sp³-hybridized carbons (Fsp3) is 0.235. The van der Waals surface area contributed by atoms with Gasteiger partial charge in [-0.2, -0.15) is 0 Å². The van der Waals surface area contributed by atoms with Gasteiger partial charge in [0.2, 0.25) is 0 Å². The van der Waals surface area contributed by atoms with Crippen molar-refractivity contribution in [2.24, 2.45) is 5.73 Å². The van der Waals surface area contributed by atoms with Crippen molar-refractivity contribution in [3.8, 4) is 5.75 Å². The normalized spacial score (nSPS) is 13.4. The lowest BCUT2D eigenvalue weighted by Gasteiger charge is -2.30. The van der Waals surface area contributed by atoms with Crippen molar-refractivity contribution < 1.29 is 14.3 Å². The number of aryl methyl sites for hydroxylation is 1. The van der Waals surface area contributed by atoms with E-state index in [-0.39, 0.29) is 6.42 Å². The summed E-state index contributed by atoms with van der Waals surface area (Å²) in [7, 11) is 1.40. The predicted molar refractivity (Wildman–Crippen MR) is 85.9 cm³/mol. The summed E-state index contributed by atoms with van der Waals surface area (Å²) in [6, 6.07) is 14.6. The maximum Gasteiger partial charge on any atom is 0.294 e. The van der Waals surface area contributed by atoms with Crippen LogP contribution in [0, 0.1) is 6.92 Å². The predicted octanol–water partition coefficient (Wildman–Crippen LogP) is 3.10. The van der Waals surface area contributed by atoms with Crippen molar-refractivity contribution in [2.45, 2.75) is 19.1 Å². The number of methoxy groups -OCH3 is 1. The van der Waals surface area contributed by atoms with Crippen LogP contribution in [0.3, 0.4) is 0 Å². The van der Waals surface area contributed by atoms with Gasteiger partial charge >= 0.3 is 0 Å². The molecule has 0 aliphatic carbocycles. The molecule has 2 rings (SSSR count). The third kappa shape index (κ3) is 3.59. The van der Waals surface area contributed by atoms with E-state index in [9.17, 15) is 4.79 Å². The molecule has 22 heavy (non-hydrogen) atoms. The average molecular weight is 320 g/mol. The molecular weight excluding hydrogens is 302 g/mol. The third-order valence-electron chi connectivity index (χ3n) is 3.40. The van der Waals surface area contributed by atoms with Gasteiger partial charge in [-0.15, -0.1) is 0 Å². The van der Waals surface area contributed by atoms with Gasteiger partial charge in [0.25, 0.3) is 11.7 Å². The van der Waals surface area contributed by atoms with Gasteiger partial charge in [-0.25, -0.2) is 0 Å². The largest absolute Gasteiger partial charge is 0.452 e. The maximum absolute atomic E-state index is 12.0. The van der Waals surface area contributed by atoms with Crippen molar-refractivity contribution in [1.82, 2.24) is 0 Å². The van der Waals surface area contributed by atoms with Gasteiger partial charge in [-0.1, -0.05) is 41.9 Å². The van der Waals surface area contributed by atoms with E-state index in [1.165, 1.54) is 7.11 Å². The number of amides is 1. The number of nitrogens with two attached hydrogens (primary N) is 1. The Bertz CT molecular complexity index is 660. The van der Waals surface area contributed by atoms with Crippen molar-refractivity contribution in [3.63, 3.8) is 0 Å². The van der Waals surface area contributed by atoms with E-state index in [1.54, 1.807) is 18.2 Å². The van der Waals surface area contributed by atoms with Gasteiger partial charge in [-0.3, -0.25) is 4.79 Å². The molecule has 116 valence electrons. The van der Waals surface area contributed by atoms with Gasteiger partial charge in [0.1, 0.15) is 5.75 Å². The molecule has 0 saturated carbocycles. The third-order valence-corrected chi connectivity index (χ3v) is 3.63. The molecule has 0 radical (unpaired) electrons. The second-order valence-electron chi connectivity index (χ2n) is 5.00. The summed E-state index contributed by atoms with van der Waals surface area (Å²) in [4.78, 5) is 12.0. The summed E-state index contributed by atoms with van der Waals surface area (Å²) >= 11 is 5.94. The molecule has 0 aliphatic rings. The van der Waals surface area contributed by atoms with E-state index in [2.05, 4.69) is 0 Å². The fourth-order valence-corrected chi connectivity index (χ4v) is 2.38. The van der Waals surface area contributed by atoms with Gasteiger partial charge in [0.15, 0.2) is 0 Å². The summed E-state index contributed by atoms with van der Waals surface area (Å²) in [5.74, 6) is -1.76. The summed E-state index contributed by atoms with van der Waals surface area (Å²) in [5, 5.41) is 0.593. The molecule has 0 aliphatic heterocycles. The molecule has 0 bridgehead atoms. The SMILES string of the molecule is COC(Cc1ccccc1)(Oc1ccc(Cl)cc1C)C(N)=O. The first kappa shape index (κ1) is 16.3. The molecular formula is C17H18ClNO3. The Morgan fingerprint density at radius 1 is 1.23 bits per heavy atom. The van der Waals surface area contributed by atoms with E-state index in [1.807, 2.05) is 37.3 Å². The molecule has 0 fully saturated rings. The first-order valence-corrected chi connectivity index (χ1v) is 7.19. The van der Waals surface area contributed by atoms with Gasteiger partial charge in [-0.05, 0) is 36.2 Å². The van der Waals surface area contributed by atoms with E-state index in [4.69, 9.17) is 26.8 Å². The number of carbonyl (C=O) groups excluding carboxylic acids is 1. The topological polar surface area (TPSA) is 61.6 Å². The molecule has 0 spiro atoms. The van der Waals surface area contributed by atoms with Crippen LogP contribution in [0.2, 0.25) is 5.02 Å². The average Bonchev–Trinajstić information content (AvgIpc) is 2.50. The highest BCUT2D eigenvalue weighted by Crippen LogP contribution is 2.28. The van der Waals surface area contributed by atoms with Crippen LogP contribution >= 0.6 is 11.6 Å². The lowest BCUT2D eigenvalue weighted by Crippen LogP contribution is -2.52. The van der Waals surface area contributed by atoms with Crippen LogP contribution in [0.4, 0.5) is 0 Å². The van der Waals surface area contributed by atoms with Gasteiger partial charge in [0.05, 0.1) is 0 Å². The Morgan fingerprint density at radius 2 is 1.91 bits per heavy atom. The zero-order valence-corrected chi connectivity index (χ0v) is 13.3. The fourth-order valence-electron chi connectivity index (χ4n) is 2.16. The minimum atomic E-state index is -1.57. The van der Waals surface area contributed by atoms with Crippen molar-refractivity contribution in [2.75, 3.05) is 7.11 Å². The van der Waals surface area contributed by atoms with Crippen LogP contribution in [0.15, 0.2) is 48.5 Å². The highest BCUT2D eigenvalue weighted by molar-refractivity contribution is 6.30. The highest BCUT2D eigenvalue weighted by atomic mass is 35.5. The Labute approximate surface area is 134 Å². The quantitative estimate of drug-likeness (QED) is 0.832. The van der Waals surface area contributed by atoms with E-state index >= 15 is 0 Å². The number of halogens is 1.